The van der Waals surface area contributed by atoms with Crippen molar-refractivity contribution in [2.75, 3.05) is 41.8 Å². The van der Waals surface area contributed by atoms with E-state index in [1.54, 1.807) is 34.3 Å². The topological polar surface area (TPSA) is 62.3 Å². The van der Waals surface area contributed by atoms with Gasteiger partial charge in [0.05, 0.1) is 0 Å². The summed E-state index contributed by atoms with van der Waals surface area (Å²) < 4.78 is 11.3. The summed E-state index contributed by atoms with van der Waals surface area (Å²) in [6.45, 7) is 1.01. The number of likely N-dealkylation sites (N-methyl/N-ethyl adjacent to an activating group) is 1. The van der Waals surface area contributed by atoms with Gasteiger partial charge in [0, 0.05) is 46.3 Å². The van der Waals surface area contributed by atoms with Gasteiger partial charge in [-0.15, -0.1) is 0 Å². The number of ether oxygens (including phenoxy) is 2. The van der Waals surface area contributed by atoms with E-state index < -0.39 is 12.2 Å². The highest BCUT2D eigenvalue weighted by molar-refractivity contribution is 5.86. The van der Waals surface area contributed by atoms with Gasteiger partial charge in [-0.2, -0.15) is 0 Å². The van der Waals surface area contributed by atoms with Crippen molar-refractivity contribution >= 4 is 12.2 Å². The smallest absolute Gasteiger partial charge is 0.406 e. The number of amides is 2. The molecule has 2 amide bonds. The molecular weight excluding hydrogens is 382 g/mol. The fourth-order valence-electron chi connectivity index (χ4n) is 4.20. The van der Waals surface area contributed by atoms with E-state index in [4.69, 9.17) is 9.47 Å². The first-order valence-corrected chi connectivity index (χ1v) is 10.0. The van der Waals surface area contributed by atoms with Crippen LogP contribution in [0.25, 0.3) is 11.1 Å². The van der Waals surface area contributed by atoms with Crippen molar-refractivity contribution < 1.29 is 19.1 Å². The molecule has 2 aromatic carbocycles. The Hall–Kier alpha value is -3.06. The molecule has 0 N–H and O–H groups in total. The fraction of sp³-hybridized carbons (Fsp3) is 0.391. The molecule has 0 saturated heterocycles. The molecule has 1 atom stereocenters. The van der Waals surface area contributed by atoms with Crippen LogP contribution in [-0.2, 0) is 12.8 Å². The maximum absolute atomic E-state index is 12.5. The molecular formula is C23H27N3O4. The average molecular weight is 409 g/mol. The Morgan fingerprint density at radius 3 is 2.37 bits per heavy atom. The zero-order valence-electron chi connectivity index (χ0n) is 18.1. The Bertz CT molecular complexity index is 1020. The predicted molar refractivity (Wildman–Crippen MR) is 114 cm³/mol. The number of benzene rings is 2. The van der Waals surface area contributed by atoms with Crippen LogP contribution in [0.15, 0.2) is 30.3 Å². The highest BCUT2D eigenvalue weighted by Crippen LogP contribution is 2.50. The molecule has 0 spiro atoms. The number of carbonyl (C=O) groups excluding carboxylic acids is 2. The van der Waals surface area contributed by atoms with E-state index in [-0.39, 0.29) is 11.8 Å². The van der Waals surface area contributed by atoms with Gasteiger partial charge in [-0.05, 0) is 48.2 Å². The van der Waals surface area contributed by atoms with E-state index in [0.29, 0.717) is 5.75 Å². The van der Waals surface area contributed by atoms with Crippen molar-refractivity contribution in [1.82, 2.24) is 14.7 Å². The Labute approximate surface area is 176 Å². The molecule has 7 heteroatoms. The predicted octanol–water partition coefficient (Wildman–Crippen LogP) is 3.56. The second-order valence-corrected chi connectivity index (χ2v) is 8.28. The van der Waals surface area contributed by atoms with E-state index in [2.05, 4.69) is 24.1 Å². The van der Waals surface area contributed by atoms with E-state index >= 15 is 0 Å². The standard InChI is InChI=1S/C23H27N3O4/c1-24(2)22(27)29-18-10-9-15-13-17-19-14(11-12-26(17)5)7-6-8-16(19)20(15)21(18)30-23(28)25(3)4/h6-10,17H,11-13H2,1-5H3/t17-/m1/s1. The van der Waals surface area contributed by atoms with Crippen molar-refractivity contribution in [2.45, 2.75) is 18.9 Å². The van der Waals surface area contributed by atoms with Gasteiger partial charge in [-0.1, -0.05) is 24.3 Å². The van der Waals surface area contributed by atoms with Gasteiger partial charge >= 0.3 is 12.2 Å². The SMILES string of the molecule is CN(C)C(=O)Oc1ccc2c(c1OC(=O)N(C)C)-c1cccc3c1[C@@H](C2)N(C)CC3. The summed E-state index contributed by atoms with van der Waals surface area (Å²) in [5.74, 6) is 0.532. The summed E-state index contributed by atoms with van der Waals surface area (Å²) in [7, 11) is 8.62. The minimum Gasteiger partial charge on any atom is -0.406 e. The lowest BCUT2D eigenvalue weighted by Gasteiger charge is -2.40. The van der Waals surface area contributed by atoms with Crippen molar-refractivity contribution in [3.05, 3.63) is 47.0 Å². The van der Waals surface area contributed by atoms with Crippen molar-refractivity contribution in [3.8, 4) is 22.6 Å². The van der Waals surface area contributed by atoms with Crippen LogP contribution in [-0.4, -0.2) is 68.7 Å². The van der Waals surface area contributed by atoms with Crippen LogP contribution < -0.4 is 9.47 Å². The lowest BCUT2D eigenvalue weighted by Crippen LogP contribution is -2.35. The summed E-state index contributed by atoms with van der Waals surface area (Å²) in [6, 6.07) is 10.3. The van der Waals surface area contributed by atoms with Gasteiger partial charge in [0.2, 0.25) is 0 Å². The maximum Gasteiger partial charge on any atom is 0.414 e. The molecule has 2 aromatic rings. The number of rotatable bonds is 2. The first-order valence-electron chi connectivity index (χ1n) is 10.0. The first kappa shape index (κ1) is 20.2. The van der Waals surface area contributed by atoms with E-state index in [1.165, 1.54) is 20.9 Å². The molecule has 30 heavy (non-hydrogen) atoms. The Morgan fingerprint density at radius 2 is 1.67 bits per heavy atom. The second kappa shape index (κ2) is 7.65. The second-order valence-electron chi connectivity index (χ2n) is 8.28. The van der Waals surface area contributed by atoms with Crippen molar-refractivity contribution in [1.29, 1.82) is 0 Å². The van der Waals surface area contributed by atoms with Gasteiger partial charge in [0.25, 0.3) is 0 Å². The molecule has 0 unspecified atom stereocenters. The normalized spacial score (nSPS) is 16.9. The molecule has 0 aromatic heterocycles. The highest BCUT2D eigenvalue weighted by Gasteiger charge is 2.35. The first-order chi connectivity index (χ1) is 14.3. The zero-order chi connectivity index (χ0) is 21.6. The molecule has 1 aliphatic carbocycles. The number of hydrogen-bond acceptors (Lipinski definition) is 5. The van der Waals surface area contributed by atoms with Crippen LogP contribution in [0, 0.1) is 0 Å². The molecule has 0 saturated carbocycles. The molecule has 0 fully saturated rings. The van der Waals surface area contributed by atoms with Crippen LogP contribution >= 0.6 is 0 Å². The minimum absolute atomic E-state index is 0.239. The average Bonchev–Trinajstić information content (AvgIpc) is 2.71. The zero-order valence-corrected chi connectivity index (χ0v) is 18.1. The molecule has 1 aliphatic heterocycles. The van der Waals surface area contributed by atoms with Crippen molar-refractivity contribution in [2.24, 2.45) is 0 Å². The molecule has 0 radical (unpaired) electrons. The number of carbonyl (C=O) groups is 2. The maximum atomic E-state index is 12.5. The van der Waals surface area contributed by atoms with Crippen LogP contribution in [0.4, 0.5) is 9.59 Å². The molecule has 158 valence electrons. The van der Waals surface area contributed by atoms with Gasteiger partial charge < -0.3 is 19.3 Å². The third kappa shape index (κ3) is 3.39. The Balaban J connectivity index is 1.91. The number of nitrogens with zero attached hydrogens (tertiary/aromatic N) is 3. The van der Waals surface area contributed by atoms with Crippen LogP contribution in [0.2, 0.25) is 0 Å². The number of fused-ring (bicyclic) bond motifs is 2. The highest BCUT2D eigenvalue weighted by atomic mass is 16.6. The largest absolute Gasteiger partial charge is 0.414 e. The fourth-order valence-corrected chi connectivity index (χ4v) is 4.20. The quantitative estimate of drug-likeness (QED) is 0.759. The lowest BCUT2D eigenvalue weighted by molar-refractivity contribution is 0.161. The van der Waals surface area contributed by atoms with Gasteiger partial charge in [-0.25, -0.2) is 9.59 Å². The van der Waals surface area contributed by atoms with Crippen LogP contribution in [0.5, 0.6) is 11.5 Å². The van der Waals surface area contributed by atoms with Gasteiger partial charge in [0.15, 0.2) is 11.5 Å². The summed E-state index contributed by atoms with van der Waals surface area (Å²) in [5, 5.41) is 0. The van der Waals surface area contributed by atoms with Crippen LogP contribution in [0.3, 0.4) is 0 Å². The molecule has 0 bridgehead atoms. The summed E-state index contributed by atoms with van der Waals surface area (Å²) in [6.07, 6.45) is 0.743. The van der Waals surface area contributed by atoms with Crippen LogP contribution in [0.1, 0.15) is 22.7 Å². The summed E-state index contributed by atoms with van der Waals surface area (Å²) >= 11 is 0. The van der Waals surface area contributed by atoms with E-state index in [1.807, 2.05) is 12.1 Å². The monoisotopic (exact) mass is 409 g/mol. The molecule has 1 heterocycles. The minimum atomic E-state index is -0.527. The molecule has 2 aliphatic rings. The summed E-state index contributed by atoms with van der Waals surface area (Å²) in [4.78, 5) is 29.8. The molecule has 7 nitrogen and oxygen atoms in total. The summed E-state index contributed by atoms with van der Waals surface area (Å²) in [5.41, 5.74) is 5.54. The third-order valence-electron chi connectivity index (χ3n) is 5.80. The Morgan fingerprint density at radius 1 is 0.967 bits per heavy atom. The van der Waals surface area contributed by atoms with Gasteiger partial charge in [-0.3, -0.25) is 4.90 Å². The van der Waals surface area contributed by atoms with E-state index in [9.17, 15) is 9.59 Å². The number of hydrogen-bond donors (Lipinski definition) is 0. The van der Waals surface area contributed by atoms with E-state index in [0.717, 1.165) is 36.1 Å². The lowest BCUT2D eigenvalue weighted by atomic mass is 9.77. The molecule has 4 rings (SSSR count). The third-order valence-corrected chi connectivity index (χ3v) is 5.80. The Kier molecular flexibility index (Phi) is 5.15. The van der Waals surface area contributed by atoms with Crippen molar-refractivity contribution in [3.63, 3.8) is 0 Å². The van der Waals surface area contributed by atoms with Gasteiger partial charge in [0.1, 0.15) is 0 Å².